The van der Waals surface area contributed by atoms with Crippen molar-refractivity contribution >= 4 is 11.6 Å². The van der Waals surface area contributed by atoms with Crippen molar-refractivity contribution in [2.45, 2.75) is 32.3 Å². The lowest BCUT2D eigenvalue weighted by Gasteiger charge is -2.11. The van der Waals surface area contributed by atoms with Crippen LogP contribution in [0.1, 0.15) is 25.3 Å². The molecule has 1 N–H and O–H groups in total. The van der Waals surface area contributed by atoms with E-state index in [1.807, 2.05) is 6.07 Å². The Balaban J connectivity index is 2.28. The minimum atomic E-state index is -0.406. The van der Waals surface area contributed by atoms with Crippen LogP contribution in [-0.4, -0.2) is 29.4 Å². The molecule has 90 valence electrons. The summed E-state index contributed by atoms with van der Waals surface area (Å²) in [7, 11) is 0. The Morgan fingerprint density at radius 3 is 3.00 bits per heavy atom. The Morgan fingerprint density at radius 2 is 2.31 bits per heavy atom. The van der Waals surface area contributed by atoms with Gasteiger partial charge in [-0.05, 0) is 24.5 Å². The smallest absolute Gasteiger partial charge is 0.0622 e. The summed E-state index contributed by atoms with van der Waals surface area (Å²) in [4.78, 5) is 3.90. The highest BCUT2D eigenvalue weighted by Crippen LogP contribution is 2.16. The fraction of sp³-hybridized carbons (Fsp3) is 0.583. The van der Waals surface area contributed by atoms with Crippen molar-refractivity contribution in [2.75, 3.05) is 13.2 Å². The van der Waals surface area contributed by atoms with E-state index in [0.717, 1.165) is 18.6 Å². The van der Waals surface area contributed by atoms with E-state index in [0.29, 0.717) is 24.5 Å². The van der Waals surface area contributed by atoms with Gasteiger partial charge in [-0.25, -0.2) is 0 Å². The molecule has 0 bridgehead atoms. The van der Waals surface area contributed by atoms with Crippen LogP contribution in [0, 0.1) is 0 Å². The van der Waals surface area contributed by atoms with Gasteiger partial charge in [-0.2, -0.15) is 0 Å². The third-order valence-electron chi connectivity index (χ3n) is 2.26. The zero-order chi connectivity index (χ0) is 11.8. The predicted molar refractivity (Wildman–Crippen MR) is 64.7 cm³/mol. The summed E-state index contributed by atoms with van der Waals surface area (Å²) in [6.07, 6.45) is 5.07. The molecule has 0 fully saturated rings. The number of aliphatic hydroxyl groups excluding tert-OH is 1. The van der Waals surface area contributed by atoms with E-state index < -0.39 is 6.10 Å². The van der Waals surface area contributed by atoms with Gasteiger partial charge in [-0.1, -0.05) is 18.5 Å². The molecule has 1 aromatic heterocycles. The molecule has 0 radical (unpaired) electrons. The van der Waals surface area contributed by atoms with Crippen molar-refractivity contribution in [3.63, 3.8) is 0 Å². The molecule has 0 spiro atoms. The summed E-state index contributed by atoms with van der Waals surface area (Å²) in [6.45, 7) is 3.41. The van der Waals surface area contributed by atoms with E-state index in [-0.39, 0.29) is 0 Å². The van der Waals surface area contributed by atoms with Gasteiger partial charge in [0.15, 0.2) is 0 Å². The molecule has 0 saturated heterocycles. The van der Waals surface area contributed by atoms with E-state index in [4.69, 9.17) is 16.3 Å². The summed E-state index contributed by atoms with van der Waals surface area (Å²) in [6, 6.07) is 1.83. The highest BCUT2D eigenvalue weighted by Gasteiger charge is 2.08. The number of hydrogen-bond acceptors (Lipinski definition) is 3. The van der Waals surface area contributed by atoms with Crippen molar-refractivity contribution in [3.8, 4) is 0 Å². The van der Waals surface area contributed by atoms with Gasteiger partial charge in [0.2, 0.25) is 0 Å². The number of ether oxygens (including phenoxy) is 1. The fourth-order valence-electron chi connectivity index (χ4n) is 1.39. The van der Waals surface area contributed by atoms with Crippen LogP contribution in [0.25, 0.3) is 0 Å². The van der Waals surface area contributed by atoms with E-state index in [9.17, 15) is 5.11 Å². The zero-order valence-corrected chi connectivity index (χ0v) is 10.3. The minimum Gasteiger partial charge on any atom is -0.393 e. The molecular weight excluding hydrogens is 226 g/mol. The number of pyridine rings is 1. The summed E-state index contributed by atoms with van der Waals surface area (Å²) in [5.41, 5.74) is 0.930. The van der Waals surface area contributed by atoms with Gasteiger partial charge in [0.25, 0.3) is 0 Å². The first-order valence-electron chi connectivity index (χ1n) is 5.58. The first kappa shape index (κ1) is 13.4. The monoisotopic (exact) mass is 243 g/mol. The van der Waals surface area contributed by atoms with Crippen LogP contribution in [0.3, 0.4) is 0 Å². The molecule has 0 aromatic carbocycles. The van der Waals surface area contributed by atoms with Crippen molar-refractivity contribution in [1.29, 1.82) is 0 Å². The average molecular weight is 244 g/mol. The second-order valence-corrected chi connectivity index (χ2v) is 4.13. The molecule has 0 aliphatic carbocycles. The van der Waals surface area contributed by atoms with Gasteiger partial charge >= 0.3 is 0 Å². The van der Waals surface area contributed by atoms with Crippen LogP contribution in [0.4, 0.5) is 0 Å². The van der Waals surface area contributed by atoms with Gasteiger partial charge in [-0.3, -0.25) is 4.98 Å². The molecule has 1 aromatic rings. The van der Waals surface area contributed by atoms with E-state index in [1.165, 1.54) is 0 Å². The maximum absolute atomic E-state index is 9.77. The normalized spacial score (nSPS) is 12.7. The average Bonchev–Trinajstić information content (AvgIpc) is 2.28. The Bertz CT molecular complexity index is 307. The Kier molecular flexibility index (Phi) is 6.38. The van der Waals surface area contributed by atoms with E-state index in [1.54, 1.807) is 12.4 Å². The highest BCUT2D eigenvalue weighted by atomic mass is 35.5. The minimum absolute atomic E-state index is 0.406. The summed E-state index contributed by atoms with van der Waals surface area (Å²) >= 11 is 5.95. The van der Waals surface area contributed by atoms with Crippen LogP contribution in [-0.2, 0) is 11.2 Å². The first-order chi connectivity index (χ1) is 7.74. The predicted octanol–water partition coefficient (Wildman–Crippen LogP) is 2.46. The summed E-state index contributed by atoms with van der Waals surface area (Å²) in [5, 5.41) is 10.4. The van der Waals surface area contributed by atoms with Crippen LogP contribution in [0.2, 0.25) is 5.02 Å². The van der Waals surface area contributed by atoms with Crippen molar-refractivity contribution in [1.82, 2.24) is 4.98 Å². The lowest BCUT2D eigenvalue weighted by molar-refractivity contribution is 0.0824. The number of aliphatic hydroxyl groups is 1. The third kappa shape index (κ3) is 4.92. The molecule has 0 amide bonds. The van der Waals surface area contributed by atoms with Crippen LogP contribution < -0.4 is 0 Å². The molecular formula is C12H18ClNO2. The number of rotatable bonds is 7. The molecule has 4 heteroatoms. The highest BCUT2D eigenvalue weighted by molar-refractivity contribution is 6.31. The maximum Gasteiger partial charge on any atom is 0.0622 e. The zero-order valence-electron chi connectivity index (χ0n) is 9.53. The van der Waals surface area contributed by atoms with Gasteiger partial charge in [0, 0.05) is 32.0 Å². The molecule has 0 saturated carbocycles. The van der Waals surface area contributed by atoms with Crippen molar-refractivity contribution < 1.29 is 9.84 Å². The SMILES string of the molecule is CCCOCCC(O)Cc1ccncc1Cl. The van der Waals surface area contributed by atoms with Crippen molar-refractivity contribution in [3.05, 3.63) is 29.0 Å². The first-order valence-corrected chi connectivity index (χ1v) is 5.96. The standard InChI is InChI=1S/C12H18ClNO2/c1-2-6-16-7-4-11(15)8-10-3-5-14-9-12(10)13/h3,5,9,11,15H,2,4,6-8H2,1H3. The molecule has 1 heterocycles. The van der Waals surface area contributed by atoms with Gasteiger partial charge in [0.1, 0.15) is 0 Å². The second kappa shape index (κ2) is 7.60. The number of halogens is 1. The quantitative estimate of drug-likeness (QED) is 0.748. The van der Waals surface area contributed by atoms with Gasteiger partial charge in [-0.15, -0.1) is 0 Å². The van der Waals surface area contributed by atoms with E-state index >= 15 is 0 Å². The van der Waals surface area contributed by atoms with Crippen molar-refractivity contribution in [2.24, 2.45) is 0 Å². The number of aromatic nitrogens is 1. The lowest BCUT2D eigenvalue weighted by atomic mass is 10.1. The van der Waals surface area contributed by atoms with Gasteiger partial charge < -0.3 is 9.84 Å². The van der Waals surface area contributed by atoms with Crippen LogP contribution >= 0.6 is 11.6 Å². The van der Waals surface area contributed by atoms with Crippen LogP contribution in [0.15, 0.2) is 18.5 Å². The largest absolute Gasteiger partial charge is 0.393 e. The Morgan fingerprint density at radius 1 is 1.50 bits per heavy atom. The topological polar surface area (TPSA) is 42.4 Å². The summed E-state index contributed by atoms with van der Waals surface area (Å²) < 4.78 is 5.32. The number of nitrogens with zero attached hydrogens (tertiary/aromatic N) is 1. The fourth-order valence-corrected chi connectivity index (χ4v) is 1.59. The second-order valence-electron chi connectivity index (χ2n) is 3.73. The molecule has 0 aliphatic rings. The summed E-state index contributed by atoms with van der Waals surface area (Å²) in [5.74, 6) is 0. The third-order valence-corrected chi connectivity index (χ3v) is 2.60. The maximum atomic E-state index is 9.77. The molecule has 1 rings (SSSR count). The molecule has 1 atom stereocenters. The molecule has 0 aliphatic heterocycles. The molecule has 1 unspecified atom stereocenters. The molecule has 16 heavy (non-hydrogen) atoms. The van der Waals surface area contributed by atoms with Gasteiger partial charge in [0.05, 0.1) is 11.1 Å². The Hall–Kier alpha value is -0.640. The number of hydrogen-bond donors (Lipinski definition) is 1. The Labute approximate surface area is 101 Å². The lowest BCUT2D eigenvalue weighted by Crippen LogP contribution is -2.14. The van der Waals surface area contributed by atoms with E-state index in [2.05, 4.69) is 11.9 Å². The van der Waals surface area contributed by atoms with Crippen LogP contribution in [0.5, 0.6) is 0 Å². The molecule has 3 nitrogen and oxygen atoms in total.